The van der Waals surface area contributed by atoms with Crippen molar-refractivity contribution in [2.24, 2.45) is 0 Å². The third-order valence-electron chi connectivity index (χ3n) is 3.38. The second-order valence-corrected chi connectivity index (χ2v) is 4.58. The molecule has 0 saturated heterocycles. The van der Waals surface area contributed by atoms with Crippen molar-refractivity contribution in [2.45, 2.75) is 51.4 Å². The minimum absolute atomic E-state index is 0.744. The van der Waals surface area contributed by atoms with E-state index < -0.39 is 0 Å². The minimum atomic E-state index is 0.744. The lowest BCUT2D eigenvalue weighted by Crippen LogP contribution is -2.12. The summed E-state index contributed by atoms with van der Waals surface area (Å²) in [5, 5.41) is 0. The van der Waals surface area contributed by atoms with E-state index in [9.17, 15) is 0 Å². The Labute approximate surface area is 92.9 Å². The van der Waals surface area contributed by atoms with Crippen molar-refractivity contribution in [3.05, 3.63) is 36.0 Å². The van der Waals surface area contributed by atoms with Gasteiger partial charge in [-0.15, -0.1) is 0 Å². The van der Waals surface area contributed by atoms with Crippen LogP contribution in [0.15, 0.2) is 24.5 Å². The van der Waals surface area contributed by atoms with E-state index in [0.29, 0.717) is 0 Å². The van der Waals surface area contributed by atoms with E-state index in [1.165, 1.54) is 44.1 Å². The first-order chi connectivity index (χ1) is 7.40. The van der Waals surface area contributed by atoms with Crippen LogP contribution in [0.3, 0.4) is 0 Å². The Morgan fingerprint density at radius 3 is 3.13 bits per heavy atom. The van der Waals surface area contributed by atoms with Crippen molar-refractivity contribution in [3.63, 3.8) is 0 Å². The van der Waals surface area contributed by atoms with E-state index in [4.69, 9.17) is 0 Å². The maximum absolute atomic E-state index is 4.22. The molecule has 0 spiro atoms. The third kappa shape index (κ3) is 2.80. The molecule has 1 radical (unpaired) electrons. The van der Waals surface area contributed by atoms with Gasteiger partial charge in [0.25, 0.3) is 0 Å². The molecule has 1 heteroatoms. The van der Waals surface area contributed by atoms with E-state index in [2.05, 4.69) is 24.0 Å². The van der Waals surface area contributed by atoms with Gasteiger partial charge in [0, 0.05) is 12.4 Å². The molecule has 1 saturated carbocycles. The molecule has 2 rings (SSSR count). The van der Waals surface area contributed by atoms with Gasteiger partial charge in [-0.05, 0) is 49.1 Å². The summed E-state index contributed by atoms with van der Waals surface area (Å²) in [6, 6.07) is 4.29. The number of hydrogen-bond donors (Lipinski definition) is 0. The number of hydrogen-bond acceptors (Lipinski definition) is 1. The van der Waals surface area contributed by atoms with Gasteiger partial charge in [-0.1, -0.05) is 25.8 Å². The van der Waals surface area contributed by atoms with Gasteiger partial charge in [0.2, 0.25) is 0 Å². The van der Waals surface area contributed by atoms with Gasteiger partial charge in [0.05, 0.1) is 0 Å². The summed E-state index contributed by atoms with van der Waals surface area (Å²) in [7, 11) is 0. The van der Waals surface area contributed by atoms with Crippen molar-refractivity contribution in [1.29, 1.82) is 0 Å². The molecule has 15 heavy (non-hydrogen) atoms. The molecule has 0 aromatic carbocycles. The Morgan fingerprint density at radius 1 is 1.47 bits per heavy atom. The van der Waals surface area contributed by atoms with Gasteiger partial charge < -0.3 is 0 Å². The second-order valence-electron chi connectivity index (χ2n) is 4.58. The van der Waals surface area contributed by atoms with Gasteiger partial charge in [0.1, 0.15) is 0 Å². The van der Waals surface area contributed by atoms with E-state index in [0.717, 1.165) is 5.92 Å². The lowest BCUT2D eigenvalue weighted by Gasteiger charge is -2.28. The Bertz CT molecular complexity index is 279. The smallest absolute Gasteiger partial charge is 0.0302 e. The zero-order chi connectivity index (χ0) is 10.5. The first kappa shape index (κ1) is 10.7. The summed E-state index contributed by atoms with van der Waals surface area (Å²) in [5.41, 5.74) is 1.44. The van der Waals surface area contributed by atoms with E-state index >= 15 is 0 Å². The van der Waals surface area contributed by atoms with Crippen LogP contribution in [-0.2, 0) is 0 Å². The Hall–Kier alpha value is -0.850. The monoisotopic (exact) mass is 202 g/mol. The van der Waals surface area contributed by atoms with Crippen molar-refractivity contribution < 1.29 is 0 Å². The molecule has 1 aliphatic carbocycles. The van der Waals surface area contributed by atoms with Crippen LogP contribution < -0.4 is 0 Å². The summed E-state index contributed by atoms with van der Waals surface area (Å²) < 4.78 is 0. The lowest BCUT2D eigenvalue weighted by molar-refractivity contribution is 0.448. The lowest BCUT2D eigenvalue weighted by atomic mass is 9.77. The van der Waals surface area contributed by atoms with Crippen LogP contribution in [0.25, 0.3) is 0 Å². The molecule has 1 aliphatic rings. The van der Waals surface area contributed by atoms with E-state index in [1.807, 2.05) is 12.4 Å². The molecule has 0 bridgehead atoms. The summed E-state index contributed by atoms with van der Waals surface area (Å²) in [5.74, 6) is 2.52. The average molecular weight is 202 g/mol. The third-order valence-corrected chi connectivity index (χ3v) is 3.38. The number of pyridine rings is 1. The Balaban J connectivity index is 1.98. The minimum Gasteiger partial charge on any atom is -0.264 e. The van der Waals surface area contributed by atoms with Crippen molar-refractivity contribution in [1.82, 2.24) is 4.98 Å². The standard InChI is InChI=1S/C14H20N/c1-2-5-12-6-3-7-13(10-12)14-8-4-9-15-11-14/h4,8-9,11,13H,2-3,5-7,10H2,1H3. The predicted octanol–water partition coefficient (Wildman–Crippen LogP) is 4.11. The fraction of sp³-hybridized carbons (Fsp3) is 0.571. The highest BCUT2D eigenvalue weighted by Crippen LogP contribution is 2.38. The molecule has 1 aromatic rings. The largest absolute Gasteiger partial charge is 0.264 e. The first-order valence-electron chi connectivity index (χ1n) is 6.13. The SMILES string of the molecule is CCC[C]1CCCC(c2cccnc2)C1. The molecule has 1 atom stereocenters. The summed E-state index contributed by atoms with van der Waals surface area (Å²) >= 11 is 0. The van der Waals surface area contributed by atoms with Gasteiger partial charge in [-0.3, -0.25) is 4.98 Å². The molecule has 81 valence electrons. The first-order valence-corrected chi connectivity index (χ1v) is 6.13. The summed E-state index contributed by atoms with van der Waals surface area (Å²) in [6.45, 7) is 2.28. The van der Waals surface area contributed by atoms with E-state index in [-0.39, 0.29) is 0 Å². The molecule has 1 fully saturated rings. The van der Waals surface area contributed by atoms with Crippen LogP contribution >= 0.6 is 0 Å². The Morgan fingerprint density at radius 2 is 2.40 bits per heavy atom. The van der Waals surface area contributed by atoms with E-state index in [1.54, 1.807) is 5.92 Å². The highest BCUT2D eigenvalue weighted by molar-refractivity contribution is 5.18. The van der Waals surface area contributed by atoms with Crippen LogP contribution in [0, 0.1) is 5.92 Å². The summed E-state index contributed by atoms with van der Waals surface area (Å²) in [6.07, 6.45) is 11.9. The van der Waals surface area contributed by atoms with Crippen LogP contribution in [0.4, 0.5) is 0 Å². The van der Waals surface area contributed by atoms with Crippen molar-refractivity contribution in [3.8, 4) is 0 Å². The van der Waals surface area contributed by atoms with Crippen LogP contribution in [-0.4, -0.2) is 4.98 Å². The van der Waals surface area contributed by atoms with Gasteiger partial charge >= 0.3 is 0 Å². The van der Waals surface area contributed by atoms with Crippen LogP contribution in [0.1, 0.15) is 56.9 Å². The molecule has 1 aromatic heterocycles. The van der Waals surface area contributed by atoms with Crippen LogP contribution in [0.5, 0.6) is 0 Å². The van der Waals surface area contributed by atoms with Crippen LogP contribution in [0.2, 0.25) is 0 Å². The number of aromatic nitrogens is 1. The number of rotatable bonds is 3. The van der Waals surface area contributed by atoms with Gasteiger partial charge in [-0.2, -0.15) is 0 Å². The second kappa shape index (κ2) is 5.29. The normalized spacial score (nSPS) is 22.9. The predicted molar refractivity (Wildman–Crippen MR) is 63.6 cm³/mol. The van der Waals surface area contributed by atoms with Crippen molar-refractivity contribution >= 4 is 0 Å². The molecule has 1 heterocycles. The average Bonchev–Trinajstić information content (AvgIpc) is 2.31. The fourth-order valence-corrected chi connectivity index (χ4v) is 2.63. The maximum Gasteiger partial charge on any atom is 0.0302 e. The topological polar surface area (TPSA) is 12.9 Å². The van der Waals surface area contributed by atoms with Crippen molar-refractivity contribution in [2.75, 3.05) is 0 Å². The molecule has 1 unspecified atom stereocenters. The maximum atomic E-state index is 4.22. The van der Waals surface area contributed by atoms with Gasteiger partial charge in [0.15, 0.2) is 0 Å². The zero-order valence-corrected chi connectivity index (χ0v) is 9.58. The quantitative estimate of drug-likeness (QED) is 0.718. The fourth-order valence-electron chi connectivity index (χ4n) is 2.63. The summed E-state index contributed by atoms with van der Waals surface area (Å²) in [4.78, 5) is 4.22. The molecule has 0 amide bonds. The highest BCUT2D eigenvalue weighted by atomic mass is 14.6. The molecule has 0 aliphatic heterocycles. The number of nitrogens with zero attached hydrogens (tertiary/aromatic N) is 1. The Kier molecular flexibility index (Phi) is 3.76. The van der Waals surface area contributed by atoms with Gasteiger partial charge in [-0.25, -0.2) is 0 Å². The molecule has 0 N–H and O–H groups in total. The molecular formula is C14H20N. The molecular weight excluding hydrogens is 182 g/mol. The highest BCUT2D eigenvalue weighted by Gasteiger charge is 2.22. The molecule has 1 nitrogen and oxygen atoms in total. The zero-order valence-electron chi connectivity index (χ0n) is 9.58.